The molecule has 0 fully saturated rings. The number of aromatic nitrogens is 1. The van der Waals surface area contributed by atoms with Crippen LogP contribution in [0.3, 0.4) is 0 Å². The number of rotatable bonds is 4. The van der Waals surface area contributed by atoms with Crippen LogP contribution < -0.4 is 5.73 Å². The van der Waals surface area contributed by atoms with Crippen LogP contribution >= 0.6 is 28.3 Å². The fourth-order valence-electron chi connectivity index (χ4n) is 1.87. The van der Waals surface area contributed by atoms with Gasteiger partial charge in [-0.2, -0.15) is 0 Å². The second-order valence-corrected chi connectivity index (χ2v) is 5.11. The third kappa shape index (κ3) is 4.28. The number of pyridine rings is 1. The fourth-order valence-corrected chi connectivity index (χ4v) is 2.27. The van der Waals surface area contributed by atoms with Crippen LogP contribution in [0, 0.1) is 0 Å². The standard InChI is InChI=1S/C14H15BrN2O.ClH/c15-12-3-1-2-10(6-12)14-4-5-17-8-11(14)7-13(16)9-18;/h1-6,8,13,18H,7,9,16H2;1H. The second-order valence-electron chi connectivity index (χ2n) is 4.19. The van der Waals surface area contributed by atoms with Gasteiger partial charge in [-0.25, -0.2) is 0 Å². The summed E-state index contributed by atoms with van der Waals surface area (Å²) in [5.74, 6) is 0. The summed E-state index contributed by atoms with van der Waals surface area (Å²) in [7, 11) is 0. The Morgan fingerprint density at radius 1 is 1.32 bits per heavy atom. The summed E-state index contributed by atoms with van der Waals surface area (Å²) in [4.78, 5) is 4.13. The van der Waals surface area contributed by atoms with Gasteiger partial charge in [-0.3, -0.25) is 4.98 Å². The summed E-state index contributed by atoms with van der Waals surface area (Å²) < 4.78 is 1.04. The Labute approximate surface area is 127 Å². The Balaban J connectivity index is 0.00000180. The number of aliphatic hydroxyl groups is 1. The molecule has 2 rings (SSSR count). The zero-order valence-electron chi connectivity index (χ0n) is 10.3. The van der Waals surface area contributed by atoms with Crippen molar-refractivity contribution in [2.45, 2.75) is 12.5 Å². The molecule has 0 aliphatic carbocycles. The van der Waals surface area contributed by atoms with E-state index in [-0.39, 0.29) is 25.1 Å². The zero-order chi connectivity index (χ0) is 13.0. The van der Waals surface area contributed by atoms with E-state index in [4.69, 9.17) is 10.8 Å². The van der Waals surface area contributed by atoms with Crippen molar-refractivity contribution in [3.63, 3.8) is 0 Å². The maximum atomic E-state index is 9.05. The fraction of sp³-hybridized carbons (Fsp3) is 0.214. The van der Waals surface area contributed by atoms with Gasteiger partial charge in [0.1, 0.15) is 0 Å². The summed E-state index contributed by atoms with van der Waals surface area (Å²) >= 11 is 3.47. The van der Waals surface area contributed by atoms with Gasteiger partial charge in [0.05, 0.1) is 6.61 Å². The van der Waals surface area contributed by atoms with Crippen molar-refractivity contribution in [1.82, 2.24) is 4.98 Å². The lowest BCUT2D eigenvalue weighted by molar-refractivity contribution is 0.265. The zero-order valence-corrected chi connectivity index (χ0v) is 12.7. The van der Waals surface area contributed by atoms with Crippen molar-refractivity contribution in [1.29, 1.82) is 0 Å². The average molecular weight is 344 g/mol. The first-order valence-corrected chi connectivity index (χ1v) is 6.55. The molecule has 19 heavy (non-hydrogen) atoms. The Hall–Kier alpha value is -0.940. The predicted molar refractivity (Wildman–Crippen MR) is 83.4 cm³/mol. The van der Waals surface area contributed by atoms with Gasteiger partial charge in [-0.1, -0.05) is 28.1 Å². The van der Waals surface area contributed by atoms with Crippen LogP contribution in [-0.4, -0.2) is 22.7 Å². The van der Waals surface area contributed by atoms with Crippen LogP contribution in [0.4, 0.5) is 0 Å². The van der Waals surface area contributed by atoms with E-state index in [0.29, 0.717) is 6.42 Å². The minimum atomic E-state index is -0.250. The summed E-state index contributed by atoms with van der Waals surface area (Å²) in [6, 6.07) is 9.82. The van der Waals surface area contributed by atoms with Crippen molar-refractivity contribution in [3.05, 3.63) is 52.8 Å². The van der Waals surface area contributed by atoms with E-state index >= 15 is 0 Å². The van der Waals surface area contributed by atoms with Gasteiger partial charge in [0.15, 0.2) is 0 Å². The molecule has 0 amide bonds. The highest BCUT2D eigenvalue weighted by molar-refractivity contribution is 9.10. The van der Waals surface area contributed by atoms with Crippen LogP contribution in [0.1, 0.15) is 5.56 Å². The number of benzene rings is 1. The number of hydrogen-bond acceptors (Lipinski definition) is 3. The largest absolute Gasteiger partial charge is 0.395 e. The SMILES string of the molecule is Cl.NC(CO)Cc1cnccc1-c1cccc(Br)c1. The van der Waals surface area contributed by atoms with Crippen molar-refractivity contribution in [2.24, 2.45) is 5.73 Å². The molecule has 3 nitrogen and oxygen atoms in total. The monoisotopic (exact) mass is 342 g/mol. The first kappa shape index (κ1) is 16.1. The van der Waals surface area contributed by atoms with E-state index in [1.807, 2.05) is 30.5 Å². The van der Waals surface area contributed by atoms with Gasteiger partial charge in [-0.15, -0.1) is 12.4 Å². The van der Waals surface area contributed by atoms with E-state index < -0.39 is 0 Å². The molecule has 1 unspecified atom stereocenters. The molecule has 0 radical (unpaired) electrons. The highest BCUT2D eigenvalue weighted by atomic mass is 79.9. The number of hydrogen-bond donors (Lipinski definition) is 2. The third-order valence-electron chi connectivity index (χ3n) is 2.76. The van der Waals surface area contributed by atoms with Crippen LogP contribution in [0.5, 0.6) is 0 Å². The molecule has 0 aliphatic heterocycles. The molecule has 0 saturated carbocycles. The van der Waals surface area contributed by atoms with Gasteiger partial charge >= 0.3 is 0 Å². The molecular formula is C14H16BrClN2O. The Bertz CT molecular complexity index is 536. The lowest BCUT2D eigenvalue weighted by atomic mass is 9.97. The first-order chi connectivity index (χ1) is 8.70. The van der Waals surface area contributed by atoms with Crippen molar-refractivity contribution in [2.75, 3.05) is 6.61 Å². The molecule has 0 spiro atoms. The first-order valence-electron chi connectivity index (χ1n) is 5.76. The molecule has 5 heteroatoms. The van der Waals surface area contributed by atoms with Crippen molar-refractivity contribution >= 4 is 28.3 Å². The van der Waals surface area contributed by atoms with Gasteiger partial charge < -0.3 is 10.8 Å². The second kappa shape index (κ2) is 7.60. The molecule has 3 N–H and O–H groups in total. The van der Waals surface area contributed by atoms with Gasteiger partial charge in [0.25, 0.3) is 0 Å². The highest BCUT2D eigenvalue weighted by Gasteiger charge is 2.09. The Kier molecular flexibility index (Phi) is 6.45. The van der Waals surface area contributed by atoms with Gasteiger partial charge in [-0.05, 0) is 41.3 Å². The molecule has 0 saturated heterocycles. The van der Waals surface area contributed by atoms with Crippen molar-refractivity contribution < 1.29 is 5.11 Å². The molecule has 1 heterocycles. The minimum absolute atomic E-state index is 0. The van der Waals surface area contributed by atoms with Crippen LogP contribution in [0.2, 0.25) is 0 Å². The molecule has 1 aromatic carbocycles. The van der Waals surface area contributed by atoms with E-state index in [0.717, 1.165) is 21.2 Å². The van der Waals surface area contributed by atoms with Crippen LogP contribution in [0.25, 0.3) is 11.1 Å². The predicted octanol–water partition coefficient (Wildman–Crippen LogP) is 2.80. The van der Waals surface area contributed by atoms with E-state index in [9.17, 15) is 0 Å². The van der Waals surface area contributed by atoms with E-state index in [1.165, 1.54) is 0 Å². The molecule has 1 aromatic heterocycles. The number of aliphatic hydroxyl groups excluding tert-OH is 1. The maximum absolute atomic E-state index is 9.05. The molecule has 102 valence electrons. The summed E-state index contributed by atoms with van der Waals surface area (Å²) in [5.41, 5.74) is 9.07. The third-order valence-corrected chi connectivity index (χ3v) is 3.25. The number of nitrogens with two attached hydrogens (primary N) is 1. The van der Waals surface area contributed by atoms with Crippen LogP contribution in [-0.2, 0) is 6.42 Å². The average Bonchev–Trinajstić information content (AvgIpc) is 2.39. The van der Waals surface area contributed by atoms with Crippen molar-refractivity contribution in [3.8, 4) is 11.1 Å². The lowest BCUT2D eigenvalue weighted by Gasteiger charge is -2.12. The van der Waals surface area contributed by atoms with Gasteiger partial charge in [0, 0.05) is 22.9 Å². The Morgan fingerprint density at radius 3 is 2.79 bits per heavy atom. The lowest BCUT2D eigenvalue weighted by Crippen LogP contribution is -2.27. The number of halogens is 2. The molecular weight excluding hydrogens is 328 g/mol. The number of nitrogens with zero attached hydrogens (tertiary/aromatic N) is 1. The van der Waals surface area contributed by atoms with Gasteiger partial charge in [0.2, 0.25) is 0 Å². The summed E-state index contributed by atoms with van der Waals surface area (Å²) in [6.45, 7) is -0.0210. The molecule has 0 bridgehead atoms. The maximum Gasteiger partial charge on any atom is 0.0585 e. The van der Waals surface area contributed by atoms with E-state index in [2.05, 4.69) is 27.0 Å². The molecule has 1 atom stereocenters. The summed E-state index contributed by atoms with van der Waals surface area (Å²) in [5, 5.41) is 9.05. The minimum Gasteiger partial charge on any atom is -0.395 e. The molecule has 0 aliphatic rings. The van der Waals surface area contributed by atoms with E-state index in [1.54, 1.807) is 6.20 Å². The Morgan fingerprint density at radius 2 is 2.11 bits per heavy atom. The quantitative estimate of drug-likeness (QED) is 0.897. The summed E-state index contributed by atoms with van der Waals surface area (Å²) in [6.07, 6.45) is 4.20. The highest BCUT2D eigenvalue weighted by Crippen LogP contribution is 2.26. The molecule has 2 aromatic rings. The van der Waals surface area contributed by atoms with Crippen LogP contribution in [0.15, 0.2) is 47.2 Å². The normalized spacial score (nSPS) is 11.7. The topological polar surface area (TPSA) is 59.1 Å². The smallest absolute Gasteiger partial charge is 0.0585 e.